The summed E-state index contributed by atoms with van der Waals surface area (Å²) in [6, 6.07) is 11.3. The van der Waals surface area contributed by atoms with Gasteiger partial charge in [-0.05, 0) is 92.7 Å². The Kier molecular flexibility index (Phi) is 9.91. The Bertz CT molecular complexity index is 1410. The molecule has 0 aromatic heterocycles. The summed E-state index contributed by atoms with van der Waals surface area (Å²) in [7, 11) is 3.68. The maximum atomic E-state index is 14.1. The second kappa shape index (κ2) is 13.5. The highest BCUT2D eigenvalue weighted by Gasteiger charge is 2.61. The number of hydrogen-bond acceptors (Lipinski definition) is 4. The molecule has 0 bridgehead atoms. The minimum Gasteiger partial charge on any atom is -0.361 e. The highest BCUT2D eigenvalue weighted by Crippen LogP contribution is 2.57. The maximum Gasteiger partial charge on any atom is 0.416 e. The first-order valence-corrected chi connectivity index (χ1v) is 16.0. The molecule has 2 aromatic carbocycles. The van der Waals surface area contributed by atoms with E-state index >= 15 is 0 Å². The number of hydrazone groups is 1. The fourth-order valence-electron chi connectivity index (χ4n) is 7.63. The van der Waals surface area contributed by atoms with Crippen LogP contribution >= 0.6 is 0 Å². The predicted molar refractivity (Wildman–Crippen MR) is 170 cm³/mol. The molecular formula is C35H45F4N5O. The number of nitrogens with zero attached hydrogens (tertiary/aromatic N) is 3. The Balaban J connectivity index is 1.28. The van der Waals surface area contributed by atoms with E-state index in [0.29, 0.717) is 30.7 Å². The van der Waals surface area contributed by atoms with Crippen LogP contribution in [0.15, 0.2) is 53.6 Å². The number of hydrogen-bond donors (Lipinski definition) is 2. The van der Waals surface area contributed by atoms with Crippen LogP contribution in [-0.4, -0.2) is 61.3 Å². The molecule has 1 aliphatic heterocycles. The van der Waals surface area contributed by atoms with Crippen molar-refractivity contribution in [2.24, 2.45) is 28.3 Å². The molecule has 244 valence electrons. The van der Waals surface area contributed by atoms with Gasteiger partial charge in [-0.25, -0.2) is 4.39 Å². The van der Waals surface area contributed by atoms with E-state index in [2.05, 4.69) is 71.0 Å². The first kappa shape index (κ1) is 33.0. The summed E-state index contributed by atoms with van der Waals surface area (Å²) >= 11 is 0. The number of carbonyl (C=O) groups is 1. The summed E-state index contributed by atoms with van der Waals surface area (Å²) in [5, 5.41) is 7.05. The van der Waals surface area contributed by atoms with Crippen LogP contribution in [0.5, 0.6) is 0 Å². The van der Waals surface area contributed by atoms with E-state index in [1.807, 2.05) is 11.9 Å². The molecule has 2 aromatic rings. The van der Waals surface area contributed by atoms with E-state index in [1.54, 1.807) is 13.4 Å². The van der Waals surface area contributed by atoms with E-state index in [0.717, 1.165) is 44.5 Å². The van der Waals surface area contributed by atoms with Gasteiger partial charge in [0.05, 0.1) is 11.0 Å². The SMILES string of the molecule is CN/N=C\N(C)C1CC1C1(C(=O)NCc2cc(F)cc(C(F)(F)F)c2)CCC(N2CCC(/C=C\c3cccc(C)c3)C(C)C2)C1. The molecule has 10 heteroatoms. The smallest absolute Gasteiger partial charge is 0.361 e. The number of likely N-dealkylation sites (tertiary alicyclic amines) is 1. The largest absolute Gasteiger partial charge is 0.416 e. The fraction of sp³-hybridized carbons (Fsp3) is 0.543. The van der Waals surface area contributed by atoms with Gasteiger partial charge in [0.15, 0.2) is 0 Å². The molecule has 0 spiro atoms. The first-order valence-electron chi connectivity index (χ1n) is 16.0. The fourth-order valence-corrected chi connectivity index (χ4v) is 7.63. The number of piperidine rings is 1. The Morgan fingerprint density at radius 2 is 2.00 bits per heavy atom. The second-order valence-electron chi connectivity index (χ2n) is 13.3. The van der Waals surface area contributed by atoms with Gasteiger partial charge in [0.2, 0.25) is 5.91 Å². The van der Waals surface area contributed by atoms with Crippen molar-refractivity contribution in [3.05, 3.63) is 76.6 Å². The van der Waals surface area contributed by atoms with Crippen molar-refractivity contribution in [3.63, 3.8) is 0 Å². The minimum absolute atomic E-state index is 0.0978. The summed E-state index contributed by atoms with van der Waals surface area (Å²) < 4.78 is 54.0. The Morgan fingerprint density at radius 3 is 2.71 bits per heavy atom. The topological polar surface area (TPSA) is 60.0 Å². The highest BCUT2D eigenvalue weighted by molar-refractivity contribution is 5.84. The number of rotatable bonds is 10. The third-order valence-electron chi connectivity index (χ3n) is 10.2. The Morgan fingerprint density at radius 1 is 1.20 bits per heavy atom. The van der Waals surface area contributed by atoms with Gasteiger partial charge in [-0.1, -0.05) is 48.9 Å². The molecule has 5 rings (SSSR count). The number of allylic oxidation sites excluding steroid dienone is 1. The standard InChI is InChI=1S/C35H45F4N5O/c1-23-6-5-7-25(14-23)8-9-27-11-13-44(21-24(27)2)30-10-12-34(19-30,31-18-32(31)43(4)22-42-40-3)33(45)41-20-26-15-28(35(37,38)39)17-29(36)16-26/h5-9,14-17,22,24,27,30-32,40H,10-13,18-21H2,1-4H3,(H,41,45)/b9-8-,42-22-. The molecule has 1 saturated heterocycles. The van der Waals surface area contributed by atoms with Crippen LogP contribution in [0.3, 0.4) is 0 Å². The number of alkyl halides is 3. The van der Waals surface area contributed by atoms with Gasteiger partial charge in [-0.15, -0.1) is 0 Å². The first-order chi connectivity index (χ1) is 21.4. The number of nitrogens with one attached hydrogen (secondary N) is 2. The second-order valence-corrected chi connectivity index (χ2v) is 13.3. The molecule has 1 amide bonds. The number of benzene rings is 2. The lowest BCUT2D eigenvalue weighted by atomic mass is 9.78. The van der Waals surface area contributed by atoms with E-state index in [4.69, 9.17) is 0 Å². The Labute approximate surface area is 263 Å². The third kappa shape index (κ3) is 7.71. The van der Waals surface area contributed by atoms with Crippen LogP contribution in [0.2, 0.25) is 0 Å². The molecule has 3 aliphatic rings. The molecule has 6 unspecified atom stereocenters. The summed E-state index contributed by atoms with van der Waals surface area (Å²) in [5.74, 6) is -0.0720. The van der Waals surface area contributed by atoms with Gasteiger partial charge in [-0.3, -0.25) is 4.79 Å². The van der Waals surface area contributed by atoms with Crippen molar-refractivity contribution in [2.75, 3.05) is 27.2 Å². The van der Waals surface area contributed by atoms with E-state index in [9.17, 15) is 22.4 Å². The normalized spacial score (nSPS) is 28.9. The monoisotopic (exact) mass is 627 g/mol. The van der Waals surface area contributed by atoms with Crippen LogP contribution in [0, 0.1) is 35.9 Å². The number of aryl methyl sites for hydroxylation is 1. The number of amides is 1. The van der Waals surface area contributed by atoms with Crippen LogP contribution < -0.4 is 10.7 Å². The summed E-state index contributed by atoms with van der Waals surface area (Å²) in [6.45, 7) is 6.16. The summed E-state index contributed by atoms with van der Waals surface area (Å²) in [5.41, 5.74) is 3.61. The highest BCUT2D eigenvalue weighted by atomic mass is 19.4. The average molecular weight is 628 g/mol. The summed E-state index contributed by atoms with van der Waals surface area (Å²) in [4.78, 5) is 18.6. The zero-order valence-corrected chi connectivity index (χ0v) is 26.6. The van der Waals surface area contributed by atoms with Crippen LogP contribution in [0.1, 0.15) is 61.3 Å². The van der Waals surface area contributed by atoms with E-state index in [-0.39, 0.29) is 36.0 Å². The number of halogens is 4. The molecule has 2 N–H and O–H groups in total. The van der Waals surface area contributed by atoms with Gasteiger partial charge in [0, 0.05) is 39.3 Å². The van der Waals surface area contributed by atoms with E-state index in [1.165, 1.54) is 11.1 Å². The number of carbonyl (C=O) groups excluding carboxylic acids is 1. The van der Waals surface area contributed by atoms with Crippen molar-refractivity contribution >= 4 is 18.3 Å². The van der Waals surface area contributed by atoms with Gasteiger partial charge >= 0.3 is 6.18 Å². The van der Waals surface area contributed by atoms with Crippen molar-refractivity contribution in [1.82, 2.24) is 20.5 Å². The quantitative estimate of drug-likeness (QED) is 0.137. The maximum absolute atomic E-state index is 14.1. The molecule has 6 nitrogen and oxygen atoms in total. The van der Waals surface area contributed by atoms with Crippen molar-refractivity contribution in [3.8, 4) is 0 Å². The zero-order valence-electron chi connectivity index (χ0n) is 26.6. The van der Waals surface area contributed by atoms with Gasteiger partial charge in [-0.2, -0.15) is 18.3 Å². The van der Waals surface area contributed by atoms with Crippen molar-refractivity contribution in [2.45, 2.75) is 70.8 Å². The average Bonchev–Trinajstić information content (AvgIpc) is 3.68. The molecule has 2 aliphatic carbocycles. The van der Waals surface area contributed by atoms with Gasteiger partial charge < -0.3 is 20.5 Å². The van der Waals surface area contributed by atoms with E-state index < -0.39 is 23.0 Å². The molecule has 6 atom stereocenters. The van der Waals surface area contributed by atoms with Gasteiger partial charge in [0.1, 0.15) is 12.2 Å². The molecule has 3 fully saturated rings. The van der Waals surface area contributed by atoms with Crippen LogP contribution in [-0.2, 0) is 17.5 Å². The summed E-state index contributed by atoms with van der Waals surface area (Å²) in [6.07, 6.45) is 5.82. The van der Waals surface area contributed by atoms with Crippen molar-refractivity contribution < 1.29 is 22.4 Å². The lowest BCUT2D eigenvalue weighted by Gasteiger charge is -2.40. The van der Waals surface area contributed by atoms with Crippen LogP contribution in [0.4, 0.5) is 17.6 Å². The molecule has 1 heterocycles. The lowest BCUT2D eigenvalue weighted by Crippen LogP contribution is -2.47. The van der Waals surface area contributed by atoms with Gasteiger partial charge in [0.25, 0.3) is 0 Å². The lowest BCUT2D eigenvalue weighted by molar-refractivity contribution is -0.137. The molecule has 45 heavy (non-hydrogen) atoms. The zero-order chi connectivity index (χ0) is 32.4. The Hall–Kier alpha value is -3.40. The molecule has 2 saturated carbocycles. The minimum atomic E-state index is -4.66. The van der Waals surface area contributed by atoms with Crippen LogP contribution in [0.25, 0.3) is 6.08 Å². The van der Waals surface area contributed by atoms with Crippen molar-refractivity contribution in [1.29, 1.82) is 0 Å². The molecular weight excluding hydrogens is 582 g/mol. The third-order valence-corrected chi connectivity index (χ3v) is 10.2. The predicted octanol–water partition coefficient (Wildman–Crippen LogP) is 6.46. The molecule has 0 radical (unpaired) electrons.